The average molecular weight is 450 g/mol. The Hall–Kier alpha value is -2.62. The summed E-state index contributed by atoms with van der Waals surface area (Å²) in [5, 5.41) is 10.4. The first kappa shape index (κ1) is 23.1. The van der Waals surface area contributed by atoms with Crippen molar-refractivity contribution in [3.05, 3.63) is 46.6 Å². The van der Waals surface area contributed by atoms with Crippen molar-refractivity contribution >= 4 is 23.4 Å². The van der Waals surface area contributed by atoms with Crippen molar-refractivity contribution < 1.29 is 14.6 Å². The van der Waals surface area contributed by atoms with E-state index in [1.165, 1.54) is 0 Å². The number of imidazole rings is 1. The number of fused-ring (bicyclic) bond motifs is 1. The zero-order valence-electron chi connectivity index (χ0n) is 17.4. The van der Waals surface area contributed by atoms with Crippen LogP contribution in [0.15, 0.2) is 35.3 Å². The number of nitrogens with one attached hydrogen (secondary N) is 2. The number of benzene rings is 1. The minimum Gasteiger partial charge on any atom is -0.489 e. The maximum absolute atomic E-state index is 11.5. The van der Waals surface area contributed by atoms with Gasteiger partial charge < -0.3 is 29.4 Å². The molecule has 168 valence electrons. The summed E-state index contributed by atoms with van der Waals surface area (Å²) in [6.07, 6.45) is 3.10. The van der Waals surface area contributed by atoms with Gasteiger partial charge in [0.1, 0.15) is 24.0 Å². The summed E-state index contributed by atoms with van der Waals surface area (Å²) in [5.41, 5.74) is 1.92. The standard InChI is InChI=1S/C21H27N5O4.ClH/c1-14-5-8-22-21(23-14)30-12-15-6-9-26(10-7-15)11-16(27)13-29-18-4-2-3-17-19(18)25-20(28)24-17;/h2-5,8,15-16,27H,6-7,9-13H2,1H3,(H2,24,25,28);1H. The number of halogens is 1. The lowest BCUT2D eigenvalue weighted by Gasteiger charge is -2.32. The molecule has 0 amide bonds. The quantitative estimate of drug-likeness (QED) is 0.481. The summed E-state index contributed by atoms with van der Waals surface area (Å²) < 4.78 is 11.5. The summed E-state index contributed by atoms with van der Waals surface area (Å²) in [4.78, 5) is 27.5. The fourth-order valence-corrected chi connectivity index (χ4v) is 3.71. The van der Waals surface area contributed by atoms with Crippen LogP contribution in [0.1, 0.15) is 18.5 Å². The van der Waals surface area contributed by atoms with Crippen molar-refractivity contribution in [1.29, 1.82) is 0 Å². The number of hydrogen-bond acceptors (Lipinski definition) is 7. The summed E-state index contributed by atoms with van der Waals surface area (Å²) >= 11 is 0. The van der Waals surface area contributed by atoms with E-state index in [4.69, 9.17) is 9.47 Å². The molecular formula is C21H28ClN5O4. The van der Waals surface area contributed by atoms with Crippen molar-refractivity contribution in [2.75, 3.05) is 32.8 Å². The van der Waals surface area contributed by atoms with Gasteiger partial charge in [0.2, 0.25) is 0 Å². The number of likely N-dealkylation sites (tertiary alicyclic amines) is 1. The van der Waals surface area contributed by atoms with Crippen LogP contribution in [0.2, 0.25) is 0 Å². The third kappa shape index (κ3) is 6.19. The number of para-hydroxylation sites is 1. The fraction of sp³-hybridized carbons (Fsp3) is 0.476. The fourth-order valence-electron chi connectivity index (χ4n) is 3.71. The third-order valence-electron chi connectivity index (χ3n) is 5.34. The lowest BCUT2D eigenvalue weighted by molar-refractivity contribution is 0.0501. The Morgan fingerprint density at radius 2 is 2.03 bits per heavy atom. The Bertz CT molecular complexity index is 1030. The predicted molar refractivity (Wildman–Crippen MR) is 119 cm³/mol. The van der Waals surface area contributed by atoms with Crippen molar-refractivity contribution in [2.24, 2.45) is 5.92 Å². The number of aromatic amines is 2. The zero-order chi connectivity index (χ0) is 20.9. The first-order valence-electron chi connectivity index (χ1n) is 10.2. The number of β-amino-alcohol motifs (C(OH)–C–C–N with tert-alkyl or cyclic N) is 1. The van der Waals surface area contributed by atoms with E-state index in [1.807, 2.05) is 19.1 Å². The first-order chi connectivity index (χ1) is 14.6. The number of H-pyrrole nitrogens is 2. The Morgan fingerprint density at radius 3 is 2.81 bits per heavy atom. The summed E-state index contributed by atoms with van der Waals surface area (Å²) in [6.45, 7) is 5.05. The first-order valence-corrected chi connectivity index (χ1v) is 10.2. The molecule has 1 saturated heterocycles. The molecule has 0 radical (unpaired) electrons. The molecule has 1 aromatic carbocycles. The van der Waals surface area contributed by atoms with Crippen LogP contribution in [0.25, 0.3) is 11.0 Å². The molecule has 10 heteroatoms. The van der Waals surface area contributed by atoms with Gasteiger partial charge in [0.15, 0.2) is 0 Å². The van der Waals surface area contributed by atoms with Gasteiger partial charge in [0, 0.05) is 18.4 Å². The maximum atomic E-state index is 11.5. The summed E-state index contributed by atoms with van der Waals surface area (Å²) in [7, 11) is 0. The van der Waals surface area contributed by atoms with Crippen LogP contribution >= 0.6 is 12.4 Å². The average Bonchev–Trinajstić information content (AvgIpc) is 3.12. The zero-order valence-corrected chi connectivity index (χ0v) is 18.2. The molecule has 0 saturated carbocycles. The van der Waals surface area contributed by atoms with Gasteiger partial charge in [-0.15, -0.1) is 12.4 Å². The lowest BCUT2D eigenvalue weighted by Crippen LogP contribution is -2.41. The summed E-state index contributed by atoms with van der Waals surface area (Å²) in [6, 6.07) is 7.67. The molecule has 31 heavy (non-hydrogen) atoms. The van der Waals surface area contributed by atoms with Crippen LogP contribution < -0.4 is 15.2 Å². The molecule has 1 aliphatic rings. The number of aliphatic hydroxyl groups is 1. The van der Waals surface area contributed by atoms with Crippen LogP contribution in [-0.2, 0) is 0 Å². The maximum Gasteiger partial charge on any atom is 0.323 e. The highest BCUT2D eigenvalue weighted by Gasteiger charge is 2.22. The van der Waals surface area contributed by atoms with Crippen molar-refractivity contribution in [3.63, 3.8) is 0 Å². The van der Waals surface area contributed by atoms with Gasteiger partial charge in [-0.05, 0) is 57.0 Å². The number of nitrogens with zero attached hydrogens (tertiary/aromatic N) is 3. The number of ether oxygens (including phenoxy) is 2. The number of aromatic nitrogens is 4. The van der Waals surface area contributed by atoms with Gasteiger partial charge in [-0.25, -0.2) is 14.8 Å². The van der Waals surface area contributed by atoms with Crippen LogP contribution in [0.5, 0.6) is 11.8 Å². The molecule has 4 rings (SSSR count). The van der Waals surface area contributed by atoms with Gasteiger partial charge in [-0.3, -0.25) is 0 Å². The van der Waals surface area contributed by atoms with Crippen molar-refractivity contribution in [2.45, 2.75) is 25.9 Å². The van der Waals surface area contributed by atoms with E-state index in [-0.39, 0.29) is 24.7 Å². The second-order valence-corrected chi connectivity index (χ2v) is 7.76. The van der Waals surface area contributed by atoms with E-state index >= 15 is 0 Å². The van der Waals surface area contributed by atoms with Crippen LogP contribution in [0, 0.1) is 12.8 Å². The molecule has 3 N–H and O–H groups in total. The monoisotopic (exact) mass is 449 g/mol. The summed E-state index contributed by atoms with van der Waals surface area (Å²) in [5.74, 6) is 1.01. The number of aliphatic hydroxyl groups excluding tert-OH is 1. The van der Waals surface area contributed by atoms with E-state index < -0.39 is 6.10 Å². The van der Waals surface area contributed by atoms with E-state index in [0.29, 0.717) is 41.9 Å². The largest absolute Gasteiger partial charge is 0.489 e. The number of rotatable bonds is 8. The highest BCUT2D eigenvalue weighted by Crippen LogP contribution is 2.22. The Balaban J connectivity index is 0.00000272. The van der Waals surface area contributed by atoms with Gasteiger partial charge in [-0.2, -0.15) is 0 Å². The molecule has 0 aliphatic carbocycles. The lowest BCUT2D eigenvalue weighted by atomic mass is 9.97. The highest BCUT2D eigenvalue weighted by molar-refractivity contribution is 5.85. The van der Waals surface area contributed by atoms with E-state index in [0.717, 1.165) is 31.6 Å². The molecule has 2 aromatic heterocycles. The van der Waals surface area contributed by atoms with E-state index in [2.05, 4.69) is 24.8 Å². The molecule has 1 atom stereocenters. The third-order valence-corrected chi connectivity index (χ3v) is 5.34. The molecule has 0 bridgehead atoms. The second-order valence-electron chi connectivity index (χ2n) is 7.76. The molecular weight excluding hydrogens is 422 g/mol. The normalized spacial score (nSPS) is 16.1. The molecule has 0 spiro atoms. The number of hydrogen-bond donors (Lipinski definition) is 3. The van der Waals surface area contributed by atoms with Crippen LogP contribution in [-0.4, -0.2) is 68.9 Å². The molecule has 3 aromatic rings. The molecule has 1 aliphatic heterocycles. The smallest absolute Gasteiger partial charge is 0.323 e. The second kappa shape index (κ2) is 10.6. The Morgan fingerprint density at radius 1 is 1.23 bits per heavy atom. The van der Waals surface area contributed by atoms with Gasteiger partial charge in [0.05, 0.1) is 12.1 Å². The van der Waals surface area contributed by atoms with Gasteiger partial charge >= 0.3 is 11.7 Å². The molecule has 3 heterocycles. The minimum absolute atomic E-state index is 0. The van der Waals surface area contributed by atoms with Crippen LogP contribution in [0.3, 0.4) is 0 Å². The topological polar surface area (TPSA) is 116 Å². The molecule has 1 unspecified atom stereocenters. The highest BCUT2D eigenvalue weighted by atomic mass is 35.5. The number of aryl methyl sites for hydroxylation is 1. The SMILES string of the molecule is Cc1ccnc(OCC2CCN(CC(O)COc3cccc4[nH]c(=O)[nH]c34)CC2)n1.Cl. The molecule has 1 fully saturated rings. The van der Waals surface area contributed by atoms with Crippen molar-refractivity contribution in [3.8, 4) is 11.8 Å². The predicted octanol–water partition coefficient (Wildman–Crippen LogP) is 1.91. The number of piperidine rings is 1. The van der Waals surface area contributed by atoms with Crippen molar-refractivity contribution in [1.82, 2.24) is 24.8 Å². The van der Waals surface area contributed by atoms with E-state index in [1.54, 1.807) is 18.3 Å². The van der Waals surface area contributed by atoms with Gasteiger partial charge in [-0.1, -0.05) is 6.07 Å². The van der Waals surface area contributed by atoms with Crippen LogP contribution in [0.4, 0.5) is 0 Å². The Kier molecular flexibility index (Phi) is 7.89. The van der Waals surface area contributed by atoms with E-state index in [9.17, 15) is 9.90 Å². The van der Waals surface area contributed by atoms with Gasteiger partial charge in [0.25, 0.3) is 0 Å². The molecule has 9 nitrogen and oxygen atoms in total. The minimum atomic E-state index is -0.612. The Labute approximate surface area is 186 Å².